The van der Waals surface area contributed by atoms with Gasteiger partial charge < -0.3 is 18.9 Å². The van der Waals surface area contributed by atoms with Gasteiger partial charge in [0.15, 0.2) is 0 Å². The van der Waals surface area contributed by atoms with Gasteiger partial charge in [-0.2, -0.15) is 9.78 Å². The molecule has 0 aliphatic rings. The number of fused-ring (bicyclic) bond motifs is 2. The number of hydrogen-bond donors (Lipinski definition) is 0. The molecule has 0 atom stereocenters. The smallest absolute Gasteiger partial charge is 0.435 e. The Morgan fingerprint density at radius 2 is 1.58 bits per heavy atom. The normalized spacial score (nSPS) is 12.2. The van der Waals surface area contributed by atoms with Crippen LogP contribution < -0.4 is 4.74 Å². The molecule has 0 aliphatic carbocycles. The SMILES string of the molecule is CC(C)(C)OC(=O)n1nc(-c2cc3ccc(OCCCBr)cc3n2C(=O)OC(C)(C)C)c2sc(COCc3ccccc3)cc21. The van der Waals surface area contributed by atoms with Crippen LogP contribution in [0.3, 0.4) is 0 Å². The number of alkyl halides is 1. The van der Waals surface area contributed by atoms with Crippen LogP contribution in [0, 0.1) is 0 Å². The Labute approximate surface area is 275 Å². The lowest BCUT2D eigenvalue weighted by molar-refractivity contribution is 0.0520. The molecule has 2 aromatic carbocycles. The molecule has 5 rings (SSSR count). The highest BCUT2D eigenvalue weighted by atomic mass is 79.9. The van der Waals surface area contributed by atoms with E-state index in [2.05, 4.69) is 15.9 Å². The maximum Gasteiger partial charge on any atom is 0.435 e. The van der Waals surface area contributed by atoms with Gasteiger partial charge in [0.1, 0.15) is 22.6 Å². The summed E-state index contributed by atoms with van der Waals surface area (Å²) in [5.74, 6) is 0.635. The maximum absolute atomic E-state index is 13.8. The Kier molecular flexibility index (Phi) is 9.71. The molecule has 0 saturated heterocycles. The lowest BCUT2D eigenvalue weighted by atomic mass is 10.2. The van der Waals surface area contributed by atoms with Crippen molar-refractivity contribution >= 4 is 60.6 Å². The Morgan fingerprint density at radius 1 is 0.867 bits per heavy atom. The number of halogens is 1. The van der Waals surface area contributed by atoms with Crippen LogP contribution in [0.25, 0.3) is 32.5 Å². The molecule has 0 bridgehead atoms. The number of hydrogen-bond acceptors (Lipinski definition) is 8. The number of carbonyl (C=O) groups is 2. The summed E-state index contributed by atoms with van der Waals surface area (Å²) in [6.07, 6.45) is -0.338. The fraction of sp³-hybridized carbons (Fsp3) is 0.382. The van der Waals surface area contributed by atoms with Gasteiger partial charge in [0.2, 0.25) is 0 Å². The highest BCUT2D eigenvalue weighted by Gasteiger charge is 2.29. The van der Waals surface area contributed by atoms with Crippen molar-refractivity contribution in [3.63, 3.8) is 0 Å². The van der Waals surface area contributed by atoms with Gasteiger partial charge >= 0.3 is 12.2 Å². The van der Waals surface area contributed by atoms with Gasteiger partial charge in [0.05, 0.1) is 41.2 Å². The predicted molar refractivity (Wildman–Crippen MR) is 181 cm³/mol. The fourth-order valence-electron chi connectivity index (χ4n) is 4.68. The van der Waals surface area contributed by atoms with Gasteiger partial charge in [-0.1, -0.05) is 46.3 Å². The van der Waals surface area contributed by atoms with Gasteiger partial charge in [0.25, 0.3) is 0 Å². The van der Waals surface area contributed by atoms with E-state index in [9.17, 15) is 9.59 Å². The zero-order chi connectivity index (χ0) is 32.4. The summed E-state index contributed by atoms with van der Waals surface area (Å²) in [5, 5.41) is 6.36. The number of carbonyl (C=O) groups excluding carboxylic acids is 2. The van der Waals surface area contributed by atoms with E-state index in [1.807, 2.05) is 81.4 Å². The van der Waals surface area contributed by atoms with E-state index in [0.29, 0.717) is 48.0 Å². The molecule has 0 unspecified atom stereocenters. The monoisotopic (exact) mass is 695 g/mol. The van der Waals surface area contributed by atoms with E-state index in [1.54, 1.807) is 20.8 Å². The number of ether oxygens (including phenoxy) is 4. The molecular formula is C34H38BrN3O6S. The van der Waals surface area contributed by atoms with Crippen molar-refractivity contribution in [2.75, 3.05) is 11.9 Å². The minimum absolute atomic E-state index is 0.339. The molecule has 0 aliphatic heterocycles. The summed E-state index contributed by atoms with van der Waals surface area (Å²) >= 11 is 4.89. The van der Waals surface area contributed by atoms with Gasteiger partial charge in [-0.25, -0.2) is 14.2 Å². The Morgan fingerprint density at radius 3 is 2.27 bits per heavy atom. The van der Waals surface area contributed by atoms with Crippen molar-refractivity contribution in [1.29, 1.82) is 0 Å². The van der Waals surface area contributed by atoms with Crippen molar-refractivity contribution in [3.05, 3.63) is 71.1 Å². The summed E-state index contributed by atoms with van der Waals surface area (Å²) in [6.45, 7) is 12.2. The molecule has 0 N–H and O–H groups in total. The Bertz CT molecular complexity index is 1810. The lowest BCUT2D eigenvalue weighted by Gasteiger charge is -2.21. The first-order valence-corrected chi connectivity index (χ1v) is 16.7. The molecule has 9 nitrogen and oxygen atoms in total. The van der Waals surface area contributed by atoms with Gasteiger partial charge in [-0.15, -0.1) is 11.3 Å². The van der Waals surface area contributed by atoms with Crippen LogP contribution in [0.5, 0.6) is 5.75 Å². The molecule has 45 heavy (non-hydrogen) atoms. The molecule has 0 fully saturated rings. The van der Waals surface area contributed by atoms with Gasteiger partial charge in [-0.3, -0.25) is 0 Å². The van der Waals surface area contributed by atoms with E-state index in [0.717, 1.165) is 32.3 Å². The topological polar surface area (TPSA) is 93.8 Å². The van der Waals surface area contributed by atoms with Crippen LogP contribution in [0.4, 0.5) is 9.59 Å². The number of rotatable bonds is 9. The van der Waals surface area contributed by atoms with Crippen molar-refractivity contribution < 1.29 is 28.5 Å². The first-order chi connectivity index (χ1) is 21.3. The van der Waals surface area contributed by atoms with Crippen molar-refractivity contribution in [2.45, 2.75) is 72.4 Å². The van der Waals surface area contributed by atoms with Gasteiger partial charge in [0, 0.05) is 21.7 Å². The third-order valence-corrected chi connectivity index (χ3v) is 8.14. The summed E-state index contributed by atoms with van der Waals surface area (Å²) in [6, 6.07) is 19.3. The number of benzene rings is 2. The van der Waals surface area contributed by atoms with Crippen molar-refractivity contribution in [3.8, 4) is 17.1 Å². The van der Waals surface area contributed by atoms with Crippen LogP contribution >= 0.6 is 27.3 Å². The van der Waals surface area contributed by atoms with Crippen LogP contribution in [-0.2, 0) is 27.4 Å². The zero-order valence-electron chi connectivity index (χ0n) is 26.4. The summed E-state index contributed by atoms with van der Waals surface area (Å²) in [4.78, 5) is 28.1. The zero-order valence-corrected chi connectivity index (χ0v) is 28.8. The molecule has 11 heteroatoms. The largest absolute Gasteiger partial charge is 0.493 e. The maximum atomic E-state index is 13.8. The first-order valence-electron chi connectivity index (χ1n) is 14.8. The quantitative estimate of drug-likeness (QED) is 0.112. The van der Waals surface area contributed by atoms with E-state index in [-0.39, 0.29) is 0 Å². The minimum Gasteiger partial charge on any atom is -0.493 e. The van der Waals surface area contributed by atoms with Crippen LogP contribution in [0.1, 0.15) is 58.4 Å². The molecule has 0 amide bonds. The molecule has 238 valence electrons. The Hall–Kier alpha value is -3.67. The van der Waals surface area contributed by atoms with E-state index >= 15 is 0 Å². The molecule has 3 aromatic heterocycles. The summed E-state index contributed by atoms with van der Waals surface area (Å²) in [5.41, 5.74) is 1.72. The number of aromatic nitrogens is 3. The van der Waals surface area contributed by atoms with Crippen molar-refractivity contribution in [2.24, 2.45) is 0 Å². The second kappa shape index (κ2) is 13.4. The van der Waals surface area contributed by atoms with Crippen LogP contribution in [0.15, 0.2) is 60.7 Å². The molecule has 0 radical (unpaired) electrons. The molecule has 0 spiro atoms. The van der Waals surface area contributed by atoms with E-state index in [4.69, 9.17) is 24.0 Å². The average Bonchev–Trinajstić information content (AvgIpc) is 3.63. The first kappa shape index (κ1) is 32.7. The Balaban J connectivity index is 1.62. The van der Waals surface area contributed by atoms with E-state index in [1.165, 1.54) is 20.6 Å². The van der Waals surface area contributed by atoms with Crippen LogP contribution in [-0.4, -0.2) is 49.7 Å². The van der Waals surface area contributed by atoms with Crippen molar-refractivity contribution in [1.82, 2.24) is 14.3 Å². The second-order valence-corrected chi connectivity index (χ2v) is 14.5. The minimum atomic E-state index is -0.744. The highest BCUT2D eigenvalue weighted by Crippen LogP contribution is 2.39. The molecular weight excluding hydrogens is 658 g/mol. The predicted octanol–water partition coefficient (Wildman–Crippen LogP) is 9.17. The lowest BCUT2D eigenvalue weighted by Crippen LogP contribution is -2.28. The third kappa shape index (κ3) is 7.95. The standard InChI is InChI=1S/C34H38BrN3O6S/c1-33(2,3)43-31(39)37-26-18-24(42-16-10-15-35)14-13-23(26)17-27(37)29-30-28(38(36-29)32(40)44-34(4,5)6)19-25(45-30)21-41-20-22-11-8-7-9-12-22/h7-9,11-14,17-19H,10,15-16,20-21H2,1-6H3. The second-order valence-electron chi connectivity index (χ2n) is 12.6. The average molecular weight is 697 g/mol. The number of nitrogens with zero attached hydrogens (tertiary/aromatic N) is 3. The third-order valence-electron chi connectivity index (χ3n) is 6.47. The van der Waals surface area contributed by atoms with Gasteiger partial charge in [-0.05, 0) is 77.8 Å². The summed E-state index contributed by atoms with van der Waals surface area (Å²) in [7, 11) is 0. The van der Waals surface area contributed by atoms with Crippen LogP contribution in [0.2, 0.25) is 0 Å². The molecule has 0 saturated carbocycles. The molecule has 3 heterocycles. The van der Waals surface area contributed by atoms with E-state index < -0.39 is 23.4 Å². The molecule has 5 aromatic rings. The summed E-state index contributed by atoms with van der Waals surface area (Å²) < 4.78 is 27.0. The fourth-order valence-corrected chi connectivity index (χ4v) is 5.97. The number of thiophene rings is 1. The highest BCUT2D eigenvalue weighted by molar-refractivity contribution is 9.09.